The van der Waals surface area contributed by atoms with E-state index in [9.17, 15) is 0 Å². The van der Waals surface area contributed by atoms with E-state index < -0.39 is 0 Å². The zero-order valence-electron chi connectivity index (χ0n) is 11.2. The summed E-state index contributed by atoms with van der Waals surface area (Å²) < 4.78 is 1.89. The van der Waals surface area contributed by atoms with Gasteiger partial charge in [-0.2, -0.15) is 4.98 Å². The van der Waals surface area contributed by atoms with Gasteiger partial charge in [-0.3, -0.25) is 0 Å². The normalized spacial score (nSPS) is 26.9. The Morgan fingerprint density at radius 2 is 2.11 bits per heavy atom. The maximum atomic E-state index is 4.65. The van der Waals surface area contributed by atoms with E-state index in [4.69, 9.17) is 0 Å². The van der Waals surface area contributed by atoms with Crippen LogP contribution >= 0.6 is 0 Å². The Morgan fingerprint density at radius 1 is 1.21 bits per heavy atom. The van der Waals surface area contributed by atoms with Crippen LogP contribution in [0.25, 0.3) is 5.65 Å². The molecule has 0 aliphatic carbocycles. The topological polar surface area (TPSA) is 45.5 Å². The van der Waals surface area contributed by atoms with Crippen molar-refractivity contribution in [2.24, 2.45) is 0 Å². The van der Waals surface area contributed by atoms with Crippen molar-refractivity contribution in [2.75, 3.05) is 18.0 Å². The van der Waals surface area contributed by atoms with Crippen LogP contribution in [0.4, 0.5) is 5.95 Å². The Morgan fingerprint density at radius 3 is 3.05 bits per heavy atom. The summed E-state index contributed by atoms with van der Waals surface area (Å²) in [6, 6.07) is 5.43. The summed E-state index contributed by atoms with van der Waals surface area (Å²) in [5.41, 5.74) is 2.14. The summed E-state index contributed by atoms with van der Waals surface area (Å²) in [6.07, 6.45) is 5.85. The number of hydrogen-bond donors (Lipinski definition) is 1. The molecule has 2 aliphatic rings. The van der Waals surface area contributed by atoms with Gasteiger partial charge in [0.15, 0.2) is 5.65 Å². The Labute approximate surface area is 112 Å². The van der Waals surface area contributed by atoms with E-state index in [1.165, 1.54) is 24.8 Å². The summed E-state index contributed by atoms with van der Waals surface area (Å²) in [6.45, 7) is 4.17. The van der Waals surface area contributed by atoms with Crippen LogP contribution in [0.5, 0.6) is 0 Å². The molecule has 2 atom stereocenters. The Kier molecular flexibility index (Phi) is 2.48. The first kappa shape index (κ1) is 11.2. The maximum Gasteiger partial charge on any atom is 0.245 e. The fourth-order valence-corrected chi connectivity index (χ4v) is 3.23. The first-order valence-corrected chi connectivity index (χ1v) is 7.12. The van der Waals surface area contributed by atoms with Crippen LogP contribution in [0.1, 0.15) is 24.8 Å². The van der Waals surface area contributed by atoms with Gasteiger partial charge in [0.1, 0.15) is 0 Å². The number of hydrogen-bond acceptors (Lipinski definition) is 4. The SMILES string of the molecule is Cc1ccc2nc(N3CCC4CCC(C3)N4)nn2c1. The molecule has 2 saturated heterocycles. The summed E-state index contributed by atoms with van der Waals surface area (Å²) in [5, 5.41) is 8.32. The highest BCUT2D eigenvalue weighted by atomic mass is 15.4. The Balaban J connectivity index is 1.66. The lowest BCUT2D eigenvalue weighted by Gasteiger charge is -2.22. The van der Waals surface area contributed by atoms with Gasteiger partial charge in [0.25, 0.3) is 0 Å². The van der Waals surface area contributed by atoms with Gasteiger partial charge in [-0.15, -0.1) is 5.10 Å². The minimum absolute atomic E-state index is 0.612. The smallest absolute Gasteiger partial charge is 0.245 e. The minimum Gasteiger partial charge on any atom is -0.338 e. The molecule has 5 nitrogen and oxygen atoms in total. The summed E-state index contributed by atoms with van der Waals surface area (Å²) in [7, 11) is 0. The second kappa shape index (κ2) is 4.20. The fourth-order valence-electron chi connectivity index (χ4n) is 3.23. The van der Waals surface area contributed by atoms with Crippen molar-refractivity contribution in [3.05, 3.63) is 23.9 Å². The van der Waals surface area contributed by atoms with Crippen molar-refractivity contribution in [1.29, 1.82) is 0 Å². The number of aromatic nitrogens is 3. The average Bonchev–Trinajstić information content (AvgIpc) is 2.92. The Hall–Kier alpha value is -1.62. The minimum atomic E-state index is 0.612. The number of nitrogens with zero attached hydrogens (tertiary/aromatic N) is 4. The van der Waals surface area contributed by atoms with Crippen LogP contribution in [0.3, 0.4) is 0 Å². The van der Waals surface area contributed by atoms with E-state index in [1.54, 1.807) is 0 Å². The van der Waals surface area contributed by atoms with E-state index >= 15 is 0 Å². The molecule has 0 spiro atoms. The number of aryl methyl sites for hydroxylation is 1. The third-order valence-corrected chi connectivity index (χ3v) is 4.27. The van der Waals surface area contributed by atoms with Gasteiger partial charge in [0.2, 0.25) is 5.95 Å². The van der Waals surface area contributed by atoms with Crippen LogP contribution in [0.15, 0.2) is 18.3 Å². The molecule has 2 fully saturated rings. The molecule has 0 amide bonds. The quantitative estimate of drug-likeness (QED) is 0.838. The zero-order valence-corrected chi connectivity index (χ0v) is 11.2. The standard InChI is InChI=1S/C14H19N5/c1-10-2-5-13-16-14(17-19(13)8-10)18-7-6-11-3-4-12(9-18)15-11/h2,5,8,11-12,15H,3-4,6-7,9H2,1H3. The van der Waals surface area contributed by atoms with Gasteiger partial charge in [-0.1, -0.05) is 6.07 Å². The maximum absolute atomic E-state index is 4.65. The lowest BCUT2D eigenvalue weighted by Crippen LogP contribution is -2.35. The molecule has 2 aliphatic heterocycles. The molecule has 2 aromatic heterocycles. The molecular formula is C14H19N5. The molecule has 4 rings (SSSR count). The van der Waals surface area contributed by atoms with Crippen LogP contribution in [0, 0.1) is 6.92 Å². The zero-order chi connectivity index (χ0) is 12.8. The van der Waals surface area contributed by atoms with Crippen molar-refractivity contribution in [3.63, 3.8) is 0 Å². The molecule has 4 heterocycles. The van der Waals surface area contributed by atoms with Gasteiger partial charge in [-0.25, -0.2) is 4.52 Å². The monoisotopic (exact) mass is 257 g/mol. The number of anilines is 1. The summed E-state index contributed by atoms with van der Waals surface area (Å²) in [5.74, 6) is 0.875. The molecule has 0 saturated carbocycles. The van der Waals surface area contributed by atoms with Crippen molar-refractivity contribution >= 4 is 11.6 Å². The summed E-state index contributed by atoms with van der Waals surface area (Å²) >= 11 is 0. The van der Waals surface area contributed by atoms with Gasteiger partial charge in [0, 0.05) is 31.4 Å². The lowest BCUT2D eigenvalue weighted by molar-refractivity contribution is 0.563. The van der Waals surface area contributed by atoms with Crippen molar-refractivity contribution in [3.8, 4) is 0 Å². The molecule has 0 aromatic carbocycles. The molecular weight excluding hydrogens is 238 g/mol. The molecule has 0 radical (unpaired) electrons. The highest BCUT2D eigenvalue weighted by molar-refractivity contribution is 5.45. The second-order valence-electron chi connectivity index (χ2n) is 5.79. The first-order valence-electron chi connectivity index (χ1n) is 7.12. The lowest BCUT2D eigenvalue weighted by atomic mass is 10.1. The molecule has 2 unspecified atom stereocenters. The molecule has 1 N–H and O–H groups in total. The fraction of sp³-hybridized carbons (Fsp3) is 0.571. The van der Waals surface area contributed by atoms with Crippen molar-refractivity contribution in [2.45, 2.75) is 38.3 Å². The van der Waals surface area contributed by atoms with Crippen molar-refractivity contribution in [1.82, 2.24) is 19.9 Å². The molecule has 5 heteroatoms. The van der Waals surface area contributed by atoms with Gasteiger partial charge < -0.3 is 10.2 Å². The third kappa shape index (κ3) is 1.98. The molecule has 2 bridgehead atoms. The highest BCUT2D eigenvalue weighted by Gasteiger charge is 2.30. The number of rotatable bonds is 1. The van der Waals surface area contributed by atoms with E-state index in [2.05, 4.69) is 33.3 Å². The van der Waals surface area contributed by atoms with Gasteiger partial charge in [0.05, 0.1) is 0 Å². The van der Waals surface area contributed by atoms with Crippen LogP contribution in [-0.4, -0.2) is 39.8 Å². The predicted molar refractivity (Wildman–Crippen MR) is 74.5 cm³/mol. The van der Waals surface area contributed by atoms with Crippen LogP contribution < -0.4 is 10.2 Å². The number of nitrogens with one attached hydrogen (secondary N) is 1. The summed E-state index contributed by atoms with van der Waals surface area (Å²) in [4.78, 5) is 6.99. The third-order valence-electron chi connectivity index (χ3n) is 4.27. The number of fused-ring (bicyclic) bond motifs is 3. The molecule has 19 heavy (non-hydrogen) atoms. The molecule has 2 aromatic rings. The Bertz CT molecular complexity index is 605. The predicted octanol–water partition coefficient (Wildman–Crippen LogP) is 1.37. The largest absolute Gasteiger partial charge is 0.338 e. The van der Waals surface area contributed by atoms with Gasteiger partial charge >= 0.3 is 0 Å². The van der Waals surface area contributed by atoms with Crippen molar-refractivity contribution < 1.29 is 0 Å². The van der Waals surface area contributed by atoms with E-state index in [0.717, 1.165) is 24.7 Å². The van der Waals surface area contributed by atoms with Gasteiger partial charge in [-0.05, 0) is 37.8 Å². The highest BCUT2D eigenvalue weighted by Crippen LogP contribution is 2.23. The van der Waals surface area contributed by atoms with E-state index in [-0.39, 0.29) is 0 Å². The van der Waals surface area contributed by atoms with Crippen LogP contribution in [0.2, 0.25) is 0 Å². The van der Waals surface area contributed by atoms with E-state index in [1.807, 2.05) is 16.8 Å². The second-order valence-corrected chi connectivity index (χ2v) is 5.79. The van der Waals surface area contributed by atoms with Crippen LogP contribution in [-0.2, 0) is 0 Å². The van der Waals surface area contributed by atoms with E-state index in [0.29, 0.717) is 12.1 Å². The average molecular weight is 257 g/mol. The first-order chi connectivity index (χ1) is 9.28. The molecule has 100 valence electrons. The number of pyridine rings is 1.